The van der Waals surface area contributed by atoms with E-state index in [1.165, 1.54) is 11.5 Å². The van der Waals surface area contributed by atoms with Crippen molar-refractivity contribution >= 4 is 11.3 Å². The zero-order chi connectivity index (χ0) is 15.1. The zero-order valence-corrected chi connectivity index (χ0v) is 14.1. The van der Waals surface area contributed by atoms with Crippen LogP contribution in [0.25, 0.3) is 0 Å². The number of aryl methyl sites for hydroxylation is 2. The van der Waals surface area contributed by atoms with Crippen molar-refractivity contribution in [2.45, 2.75) is 59.0 Å². The molecule has 0 aliphatic carbocycles. The largest absolute Gasteiger partial charge is 0.335 e. The van der Waals surface area contributed by atoms with Gasteiger partial charge in [0.1, 0.15) is 5.82 Å². The monoisotopic (exact) mass is 306 g/mol. The van der Waals surface area contributed by atoms with Crippen LogP contribution in [0.4, 0.5) is 0 Å². The second-order valence-corrected chi connectivity index (χ2v) is 6.52. The van der Waals surface area contributed by atoms with Gasteiger partial charge < -0.3 is 9.88 Å². The summed E-state index contributed by atoms with van der Waals surface area (Å²) in [5.74, 6) is 1.18. The molecular formula is C16H26N4S. The van der Waals surface area contributed by atoms with E-state index < -0.39 is 0 Å². The van der Waals surface area contributed by atoms with Gasteiger partial charge in [-0.2, -0.15) is 0 Å². The van der Waals surface area contributed by atoms with Crippen LogP contribution in [0.15, 0.2) is 17.8 Å². The number of hydrogen-bond acceptors (Lipinski definition) is 4. The number of aromatic nitrogens is 3. The van der Waals surface area contributed by atoms with Gasteiger partial charge in [-0.25, -0.2) is 9.97 Å². The number of nitrogens with zero attached hydrogens (tertiary/aromatic N) is 3. The van der Waals surface area contributed by atoms with Crippen LogP contribution < -0.4 is 5.32 Å². The lowest BCUT2D eigenvalue weighted by atomic mass is 10.1. The second-order valence-electron chi connectivity index (χ2n) is 5.45. The van der Waals surface area contributed by atoms with E-state index in [-0.39, 0.29) is 0 Å². The van der Waals surface area contributed by atoms with Gasteiger partial charge in [-0.3, -0.25) is 0 Å². The van der Waals surface area contributed by atoms with Crippen LogP contribution in [0.3, 0.4) is 0 Å². The fraction of sp³-hybridized carbons (Fsp3) is 0.625. The van der Waals surface area contributed by atoms with E-state index in [2.05, 4.69) is 52.2 Å². The maximum atomic E-state index is 4.60. The first-order chi connectivity index (χ1) is 10.2. The summed E-state index contributed by atoms with van der Waals surface area (Å²) < 4.78 is 2.27. The van der Waals surface area contributed by atoms with Crippen molar-refractivity contribution in [1.82, 2.24) is 19.9 Å². The molecule has 5 heteroatoms. The molecule has 2 aromatic heterocycles. The minimum atomic E-state index is 0.407. The molecule has 21 heavy (non-hydrogen) atoms. The molecule has 0 saturated heterocycles. The molecule has 2 rings (SSSR count). The number of nitrogens with one attached hydrogen (secondary N) is 1. The number of rotatable bonds is 9. The third kappa shape index (κ3) is 4.93. The molecular weight excluding hydrogens is 280 g/mol. The Balaban J connectivity index is 2.02. The van der Waals surface area contributed by atoms with Gasteiger partial charge in [0.25, 0.3) is 0 Å². The summed E-state index contributed by atoms with van der Waals surface area (Å²) in [5.41, 5.74) is 1.19. The van der Waals surface area contributed by atoms with Gasteiger partial charge in [0.2, 0.25) is 0 Å². The number of hydrogen-bond donors (Lipinski definition) is 1. The average Bonchev–Trinajstić information content (AvgIpc) is 3.06. The van der Waals surface area contributed by atoms with Crippen LogP contribution in [0.1, 0.15) is 43.2 Å². The van der Waals surface area contributed by atoms with Crippen LogP contribution >= 0.6 is 11.3 Å². The standard InChI is InChI=1S/C16H26N4S/c1-4-6-17-14(10-15-12-21-13(3)19-15)11-16-18-7-9-20(16)8-5-2/h7,9,12,14,17H,4-6,8,10-11H2,1-3H3. The number of thiazole rings is 1. The first-order valence-corrected chi connectivity index (χ1v) is 8.75. The lowest BCUT2D eigenvalue weighted by Gasteiger charge is -2.18. The topological polar surface area (TPSA) is 42.7 Å². The van der Waals surface area contributed by atoms with E-state index in [1.54, 1.807) is 11.3 Å². The van der Waals surface area contributed by atoms with Crippen LogP contribution in [-0.4, -0.2) is 27.1 Å². The van der Waals surface area contributed by atoms with Gasteiger partial charge in [-0.1, -0.05) is 13.8 Å². The quantitative estimate of drug-likeness (QED) is 0.773. The van der Waals surface area contributed by atoms with E-state index in [0.29, 0.717) is 6.04 Å². The molecule has 0 bridgehead atoms. The van der Waals surface area contributed by atoms with Crippen molar-refractivity contribution in [2.75, 3.05) is 6.54 Å². The lowest BCUT2D eigenvalue weighted by molar-refractivity contribution is 0.479. The van der Waals surface area contributed by atoms with Crippen LogP contribution in [0.2, 0.25) is 0 Å². The molecule has 0 radical (unpaired) electrons. The number of imidazole rings is 1. The summed E-state index contributed by atoms with van der Waals surface area (Å²) >= 11 is 1.73. The van der Waals surface area contributed by atoms with Crippen molar-refractivity contribution in [3.8, 4) is 0 Å². The minimum Gasteiger partial charge on any atom is -0.335 e. The van der Waals surface area contributed by atoms with Crippen LogP contribution in [-0.2, 0) is 19.4 Å². The van der Waals surface area contributed by atoms with E-state index in [1.807, 2.05) is 6.20 Å². The Kier molecular flexibility index (Phi) is 6.39. The zero-order valence-electron chi connectivity index (χ0n) is 13.3. The fourth-order valence-corrected chi connectivity index (χ4v) is 3.14. The fourth-order valence-electron chi connectivity index (χ4n) is 2.51. The molecule has 0 aliphatic rings. The van der Waals surface area contributed by atoms with Gasteiger partial charge in [0, 0.05) is 43.2 Å². The predicted octanol–water partition coefficient (Wildman–Crippen LogP) is 3.21. The van der Waals surface area contributed by atoms with Crippen molar-refractivity contribution < 1.29 is 0 Å². The van der Waals surface area contributed by atoms with Crippen molar-refractivity contribution in [1.29, 1.82) is 0 Å². The van der Waals surface area contributed by atoms with Gasteiger partial charge in [-0.05, 0) is 26.3 Å². The molecule has 2 heterocycles. The van der Waals surface area contributed by atoms with Crippen molar-refractivity contribution in [3.05, 3.63) is 34.3 Å². The predicted molar refractivity (Wildman–Crippen MR) is 88.9 cm³/mol. The van der Waals surface area contributed by atoms with E-state index >= 15 is 0 Å². The van der Waals surface area contributed by atoms with Gasteiger partial charge in [-0.15, -0.1) is 11.3 Å². The third-order valence-corrected chi connectivity index (χ3v) is 4.32. The van der Waals surface area contributed by atoms with E-state index in [4.69, 9.17) is 0 Å². The maximum Gasteiger partial charge on any atom is 0.110 e. The van der Waals surface area contributed by atoms with Crippen LogP contribution in [0, 0.1) is 6.92 Å². The molecule has 0 amide bonds. The third-order valence-electron chi connectivity index (χ3n) is 3.50. The van der Waals surface area contributed by atoms with Gasteiger partial charge in [0.05, 0.1) is 10.7 Å². The Labute approximate surface area is 131 Å². The first kappa shape index (κ1) is 16.2. The minimum absolute atomic E-state index is 0.407. The SMILES string of the molecule is CCCNC(Cc1csc(C)n1)Cc1nccn1CCC. The van der Waals surface area contributed by atoms with Crippen molar-refractivity contribution in [2.24, 2.45) is 0 Å². The molecule has 1 N–H and O–H groups in total. The highest BCUT2D eigenvalue weighted by atomic mass is 32.1. The Hall–Kier alpha value is -1.20. The first-order valence-electron chi connectivity index (χ1n) is 7.87. The Morgan fingerprint density at radius 2 is 2.14 bits per heavy atom. The summed E-state index contributed by atoms with van der Waals surface area (Å²) in [5, 5.41) is 6.97. The Morgan fingerprint density at radius 1 is 1.29 bits per heavy atom. The second kappa shape index (κ2) is 8.29. The smallest absolute Gasteiger partial charge is 0.110 e. The summed E-state index contributed by atoms with van der Waals surface area (Å²) in [7, 11) is 0. The molecule has 0 aliphatic heterocycles. The van der Waals surface area contributed by atoms with Gasteiger partial charge in [0.15, 0.2) is 0 Å². The summed E-state index contributed by atoms with van der Waals surface area (Å²) in [4.78, 5) is 9.13. The molecule has 0 aromatic carbocycles. The summed E-state index contributed by atoms with van der Waals surface area (Å²) in [6, 6.07) is 0.407. The van der Waals surface area contributed by atoms with Crippen molar-refractivity contribution in [3.63, 3.8) is 0 Å². The lowest BCUT2D eigenvalue weighted by Crippen LogP contribution is -2.34. The summed E-state index contributed by atoms with van der Waals surface area (Å²) in [6.07, 6.45) is 8.22. The molecule has 0 fully saturated rings. The maximum absolute atomic E-state index is 4.60. The highest BCUT2D eigenvalue weighted by molar-refractivity contribution is 7.09. The molecule has 0 spiro atoms. The molecule has 1 unspecified atom stereocenters. The van der Waals surface area contributed by atoms with E-state index in [0.717, 1.165) is 43.8 Å². The Bertz CT molecular complexity index is 532. The highest BCUT2D eigenvalue weighted by Gasteiger charge is 2.14. The molecule has 0 saturated carbocycles. The normalized spacial score (nSPS) is 12.7. The Morgan fingerprint density at radius 3 is 2.81 bits per heavy atom. The van der Waals surface area contributed by atoms with Gasteiger partial charge >= 0.3 is 0 Å². The van der Waals surface area contributed by atoms with E-state index in [9.17, 15) is 0 Å². The molecule has 2 aromatic rings. The molecule has 1 atom stereocenters. The highest BCUT2D eigenvalue weighted by Crippen LogP contribution is 2.12. The van der Waals surface area contributed by atoms with Crippen LogP contribution in [0.5, 0.6) is 0 Å². The summed E-state index contributed by atoms with van der Waals surface area (Å²) in [6.45, 7) is 8.56. The molecule has 116 valence electrons. The molecule has 4 nitrogen and oxygen atoms in total. The average molecular weight is 306 g/mol.